The molecule has 2 amide bonds. The highest BCUT2D eigenvalue weighted by Gasteiger charge is 2.22. The molecule has 0 atom stereocenters. The number of benzene rings is 1. The third-order valence-electron chi connectivity index (χ3n) is 3.97. The minimum absolute atomic E-state index is 0.00324. The molecule has 1 aromatic heterocycles. The summed E-state index contributed by atoms with van der Waals surface area (Å²) in [7, 11) is 0. The number of carbonyl (C=O) groups excluding carboxylic acids is 2. The first-order valence-corrected chi connectivity index (χ1v) is 8.76. The molecule has 3 rings (SSSR count). The summed E-state index contributed by atoms with van der Waals surface area (Å²) in [4.78, 5) is 36.6. The van der Waals surface area contributed by atoms with Gasteiger partial charge >= 0.3 is 0 Å². The van der Waals surface area contributed by atoms with Gasteiger partial charge in [-0.2, -0.15) is 0 Å². The monoisotopic (exact) mass is 403 g/mol. The molecule has 1 N–H and O–H groups in total. The zero-order chi connectivity index (χ0) is 17.6. The normalized spacial score (nSPS) is 14.3. The van der Waals surface area contributed by atoms with Crippen LogP contribution >= 0.6 is 15.9 Å². The molecule has 0 saturated carbocycles. The van der Waals surface area contributed by atoms with Gasteiger partial charge in [0, 0.05) is 48.6 Å². The van der Waals surface area contributed by atoms with E-state index < -0.39 is 0 Å². The van der Waals surface area contributed by atoms with Gasteiger partial charge in [0.2, 0.25) is 11.9 Å². The van der Waals surface area contributed by atoms with Crippen molar-refractivity contribution in [3.05, 3.63) is 52.8 Å². The average molecular weight is 404 g/mol. The predicted octanol–water partition coefficient (Wildman–Crippen LogP) is 1.32. The topological polar surface area (TPSA) is 78.4 Å². The number of anilines is 1. The van der Waals surface area contributed by atoms with Crippen LogP contribution in [0.4, 0.5) is 5.95 Å². The zero-order valence-electron chi connectivity index (χ0n) is 13.6. The van der Waals surface area contributed by atoms with Crippen LogP contribution in [0.2, 0.25) is 0 Å². The van der Waals surface area contributed by atoms with E-state index in [1.54, 1.807) is 47.6 Å². The lowest BCUT2D eigenvalue weighted by Gasteiger charge is -2.34. The van der Waals surface area contributed by atoms with E-state index >= 15 is 0 Å². The SMILES string of the molecule is O=C(NCC(=O)N1CCN(c2ncccn2)CC1)c1ccc(Br)cc1. The average Bonchev–Trinajstić information content (AvgIpc) is 2.67. The maximum Gasteiger partial charge on any atom is 0.251 e. The molecular formula is C17H18BrN5O2. The molecule has 1 aliphatic rings. The van der Waals surface area contributed by atoms with E-state index in [0.717, 1.165) is 4.47 Å². The van der Waals surface area contributed by atoms with Gasteiger partial charge in [-0.25, -0.2) is 9.97 Å². The number of hydrogen-bond donors (Lipinski definition) is 1. The first kappa shape index (κ1) is 17.3. The molecule has 2 heterocycles. The van der Waals surface area contributed by atoms with Gasteiger partial charge in [-0.05, 0) is 30.3 Å². The molecular weight excluding hydrogens is 386 g/mol. The molecule has 0 spiro atoms. The number of hydrogen-bond acceptors (Lipinski definition) is 5. The second-order valence-electron chi connectivity index (χ2n) is 5.61. The highest BCUT2D eigenvalue weighted by Crippen LogP contribution is 2.11. The molecule has 1 saturated heterocycles. The van der Waals surface area contributed by atoms with Crippen LogP contribution in [-0.2, 0) is 4.79 Å². The molecule has 1 aromatic carbocycles. The van der Waals surface area contributed by atoms with Crippen molar-refractivity contribution >= 4 is 33.7 Å². The fourth-order valence-corrected chi connectivity index (χ4v) is 2.85. The summed E-state index contributed by atoms with van der Waals surface area (Å²) < 4.78 is 0.903. The molecule has 8 heteroatoms. The van der Waals surface area contributed by atoms with Crippen LogP contribution in [0, 0.1) is 0 Å². The van der Waals surface area contributed by atoms with Crippen molar-refractivity contribution in [3.8, 4) is 0 Å². The largest absolute Gasteiger partial charge is 0.343 e. The van der Waals surface area contributed by atoms with Crippen molar-refractivity contribution in [1.82, 2.24) is 20.2 Å². The van der Waals surface area contributed by atoms with Crippen LogP contribution in [0.1, 0.15) is 10.4 Å². The second kappa shape index (κ2) is 8.06. The molecule has 25 heavy (non-hydrogen) atoms. The number of amides is 2. The molecule has 1 aliphatic heterocycles. The molecule has 1 fully saturated rings. The van der Waals surface area contributed by atoms with Crippen molar-refractivity contribution in [1.29, 1.82) is 0 Å². The maximum atomic E-state index is 12.3. The van der Waals surface area contributed by atoms with E-state index in [0.29, 0.717) is 37.7 Å². The predicted molar refractivity (Wildman–Crippen MR) is 97.3 cm³/mol. The van der Waals surface area contributed by atoms with Crippen molar-refractivity contribution in [2.45, 2.75) is 0 Å². The first-order chi connectivity index (χ1) is 12.1. The minimum Gasteiger partial charge on any atom is -0.343 e. The van der Waals surface area contributed by atoms with Crippen LogP contribution < -0.4 is 10.2 Å². The quantitative estimate of drug-likeness (QED) is 0.832. The number of aromatic nitrogens is 2. The Hall–Kier alpha value is -2.48. The van der Waals surface area contributed by atoms with Crippen molar-refractivity contribution in [3.63, 3.8) is 0 Å². The third kappa shape index (κ3) is 4.54. The van der Waals surface area contributed by atoms with Crippen molar-refractivity contribution in [2.75, 3.05) is 37.6 Å². The van der Waals surface area contributed by atoms with Crippen molar-refractivity contribution in [2.24, 2.45) is 0 Å². The van der Waals surface area contributed by atoms with Crippen molar-refractivity contribution < 1.29 is 9.59 Å². The van der Waals surface area contributed by atoms with E-state index in [4.69, 9.17) is 0 Å². The Bertz CT molecular complexity index is 730. The molecule has 0 radical (unpaired) electrons. The highest BCUT2D eigenvalue weighted by molar-refractivity contribution is 9.10. The van der Waals surface area contributed by atoms with Crippen LogP contribution in [0.5, 0.6) is 0 Å². The third-order valence-corrected chi connectivity index (χ3v) is 4.50. The Kier molecular flexibility index (Phi) is 5.60. The fraction of sp³-hybridized carbons (Fsp3) is 0.294. The summed E-state index contributed by atoms with van der Waals surface area (Å²) in [6, 6.07) is 8.78. The molecule has 2 aromatic rings. The Labute approximate surface area is 154 Å². The van der Waals surface area contributed by atoms with Gasteiger partial charge in [0.15, 0.2) is 0 Å². The van der Waals surface area contributed by atoms with Crippen LogP contribution in [0.15, 0.2) is 47.2 Å². The van der Waals surface area contributed by atoms with Gasteiger partial charge in [-0.1, -0.05) is 15.9 Å². The summed E-state index contributed by atoms with van der Waals surface area (Å²) >= 11 is 3.33. The van der Waals surface area contributed by atoms with E-state index in [9.17, 15) is 9.59 Å². The lowest BCUT2D eigenvalue weighted by Crippen LogP contribution is -2.51. The highest BCUT2D eigenvalue weighted by atomic mass is 79.9. The first-order valence-electron chi connectivity index (χ1n) is 7.97. The van der Waals surface area contributed by atoms with E-state index in [1.165, 1.54) is 0 Å². The van der Waals surface area contributed by atoms with E-state index in [1.807, 2.05) is 4.90 Å². The number of carbonyl (C=O) groups is 2. The molecule has 0 unspecified atom stereocenters. The number of nitrogens with zero attached hydrogens (tertiary/aromatic N) is 4. The van der Waals surface area contributed by atoms with E-state index in [2.05, 4.69) is 31.2 Å². The van der Waals surface area contributed by atoms with Gasteiger partial charge in [0.1, 0.15) is 0 Å². The summed E-state index contributed by atoms with van der Waals surface area (Å²) in [5, 5.41) is 2.67. The second-order valence-corrected chi connectivity index (χ2v) is 6.52. The molecule has 7 nitrogen and oxygen atoms in total. The number of nitrogens with one attached hydrogen (secondary N) is 1. The van der Waals surface area contributed by atoms with Gasteiger partial charge < -0.3 is 15.1 Å². The Morgan fingerprint density at radius 3 is 2.32 bits per heavy atom. The molecule has 130 valence electrons. The van der Waals surface area contributed by atoms with Crippen LogP contribution in [-0.4, -0.2) is 59.4 Å². The van der Waals surface area contributed by atoms with Gasteiger partial charge in [-0.15, -0.1) is 0 Å². The number of rotatable bonds is 4. The summed E-state index contributed by atoms with van der Waals surface area (Å²) in [5.74, 6) is 0.342. The molecule has 0 aliphatic carbocycles. The maximum absolute atomic E-state index is 12.3. The summed E-state index contributed by atoms with van der Waals surface area (Å²) in [5.41, 5.74) is 0.530. The van der Waals surface area contributed by atoms with Gasteiger partial charge in [0.05, 0.1) is 6.54 Å². The van der Waals surface area contributed by atoms with Crippen LogP contribution in [0.25, 0.3) is 0 Å². The van der Waals surface area contributed by atoms with E-state index in [-0.39, 0.29) is 18.4 Å². The lowest BCUT2D eigenvalue weighted by atomic mass is 10.2. The van der Waals surface area contributed by atoms with Crippen LogP contribution in [0.3, 0.4) is 0 Å². The number of halogens is 1. The van der Waals surface area contributed by atoms with Gasteiger partial charge in [-0.3, -0.25) is 9.59 Å². The fourth-order valence-electron chi connectivity index (χ4n) is 2.58. The Balaban J connectivity index is 1.46. The smallest absolute Gasteiger partial charge is 0.251 e. The van der Waals surface area contributed by atoms with Gasteiger partial charge in [0.25, 0.3) is 5.91 Å². The molecule has 0 bridgehead atoms. The summed E-state index contributed by atoms with van der Waals surface area (Å²) in [6.07, 6.45) is 3.41. The standard InChI is InChI=1S/C17H18BrN5O2/c18-14-4-2-13(3-5-14)16(25)21-12-15(24)22-8-10-23(11-9-22)17-19-6-1-7-20-17/h1-7H,8-12H2,(H,21,25). The lowest BCUT2D eigenvalue weighted by molar-refractivity contribution is -0.130. The minimum atomic E-state index is -0.253. The zero-order valence-corrected chi connectivity index (χ0v) is 15.1. The summed E-state index contributed by atoms with van der Waals surface area (Å²) in [6.45, 7) is 2.53. The Morgan fingerprint density at radius 1 is 1.04 bits per heavy atom. The Morgan fingerprint density at radius 2 is 1.68 bits per heavy atom. The number of piperazine rings is 1.